The zero-order chi connectivity index (χ0) is 9.84. The molecule has 0 aliphatic rings. The number of pyridine rings is 1. The molecule has 13 heavy (non-hydrogen) atoms. The maximum absolute atomic E-state index is 11.2. The van der Waals surface area contributed by atoms with E-state index in [0.29, 0.717) is 11.3 Å². The van der Waals surface area contributed by atoms with Crippen molar-refractivity contribution in [2.45, 2.75) is 13.5 Å². The number of ether oxygens (including phenoxy) is 1. The summed E-state index contributed by atoms with van der Waals surface area (Å²) in [6, 6.07) is 1.64. The van der Waals surface area contributed by atoms with Crippen LogP contribution in [0.25, 0.3) is 0 Å². The quantitative estimate of drug-likeness (QED) is 0.681. The molecule has 1 heterocycles. The molecule has 0 radical (unpaired) electrons. The highest BCUT2D eigenvalue weighted by Crippen LogP contribution is 2.09. The number of aromatic nitrogens is 1. The molecule has 1 N–H and O–H groups in total. The fraction of sp³-hybridized carbons (Fsp3) is 0.333. The van der Waals surface area contributed by atoms with Crippen molar-refractivity contribution in [1.29, 1.82) is 0 Å². The molecule has 0 saturated heterocycles. The van der Waals surface area contributed by atoms with Gasteiger partial charge in [0.2, 0.25) is 0 Å². The van der Waals surface area contributed by atoms with Crippen LogP contribution in [0.5, 0.6) is 0 Å². The van der Waals surface area contributed by atoms with E-state index in [9.17, 15) is 4.79 Å². The third kappa shape index (κ3) is 2.03. The average molecular weight is 181 g/mol. The molecule has 4 heteroatoms. The van der Waals surface area contributed by atoms with Gasteiger partial charge < -0.3 is 9.84 Å². The molecule has 0 atom stereocenters. The van der Waals surface area contributed by atoms with E-state index in [1.807, 2.05) is 6.92 Å². The Labute approximate surface area is 76.2 Å². The third-order valence-electron chi connectivity index (χ3n) is 1.66. The summed E-state index contributed by atoms with van der Waals surface area (Å²) in [5, 5.41) is 8.88. The number of aliphatic hydroxyl groups is 1. The van der Waals surface area contributed by atoms with Crippen LogP contribution >= 0.6 is 0 Å². The van der Waals surface area contributed by atoms with Crippen molar-refractivity contribution in [3.63, 3.8) is 0 Å². The van der Waals surface area contributed by atoms with Crippen molar-refractivity contribution >= 4 is 5.97 Å². The fourth-order valence-electron chi connectivity index (χ4n) is 1.01. The molecule has 0 aliphatic heterocycles. The Balaban J connectivity index is 3.15. The second-order valence-corrected chi connectivity index (χ2v) is 2.66. The van der Waals surface area contributed by atoms with E-state index < -0.39 is 5.97 Å². The number of methoxy groups -OCH3 is 1. The number of esters is 1. The highest BCUT2D eigenvalue weighted by atomic mass is 16.5. The van der Waals surface area contributed by atoms with E-state index in [2.05, 4.69) is 9.72 Å². The van der Waals surface area contributed by atoms with Crippen LogP contribution in [0, 0.1) is 6.92 Å². The van der Waals surface area contributed by atoms with Gasteiger partial charge in [0, 0.05) is 6.20 Å². The highest BCUT2D eigenvalue weighted by Gasteiger charge is 2.11. The number of hydrogen-bond donors (Lipinski definition) is 1. The number of carbonyl (C=O) groups is 1. The Morgan fingerprint density at radius 2 is 2.38 bits per heavy atom. The smallest absolute Gasteiger partial charge is 0.339 e. The van der Waals surface area contributed by atoms with Crippen LogP contribution in [-0.2, 0) is 11.3 Å². The highest BCUT2D eigenvalue weighted by molar-refractivity contribution is 5.90. The molecule has 1 rings (SSSR count). The van der Waals surface area contributed by atoms with Crippen molar-refractivity contribution in [2.75, 3.05) is 7.11 Å². The molecule has 1 aromatic rings. The predicted octanol–water partition coefficient (Wildman–Crippen LogP) is 0.669. The van der Waals surface area contributed by atoms with Gasteiger partial charge in [-0.2, -0.15) is 0 Å². The van der Waals surface area contributed by atoms with E-state index in [-0.39, 0.29) is 6.61 Å². The molecule has 0 bridgehead atoms. The van der Waals surface area contributed by atoms with Gasteiger partial charge in [-0.05, 0) is 18.6 Å². The number of aliphatic hydroxyl groups excluding tert-OH is 1. The van der Waals surface area contributed by atoms with Crippen LogP contribution in [0.4, 0.5) is 0 Å². The SMILES string of the molecule is COC(=O)c1cc(C)cnc1CO. The summed E-state index contributed by atoms with van der Waals surface area (Å²) in [7, 11) is 1.30. The van der Waals surface area contributed by atoms with Crippen molar-refractivity contribution in [2.24, 2.45) is 0 Å². The maximum atomic E-state index is 11.2. The van der Waals surface area contributed by atoms with E-state index in [1.54, 1.807) is 12.3 Å². The van der Waals surface area contributed by atoms with Gasteiger partial charge in [-0.3, -0.25) is 4.98 Å². The average Bonchev–Trinajstić information content (AvgIpc) is 2.16. The number of rotatable bonds is 2. The van der Waals surface area contributed by atoms with Crippen LogP contribution < -0.4 is 0 Å². The van der Waals surface area contributed by atoms with Gasteiger partial charge in [0.25, 0.3) is 0 Å². The Morgan fingerprint density at radius 3 is 2.92 bits per heavy atom. The summed E-state index contributed by atoms with van der Waals surface area (Å²) >= 11 is 0. The Kier molecular flexibility index (Phi) is 2.97. The molecule has 0 amide bonds. The number of nitrogens with zero attached hydrogens (tertiary/aromatic N) is 1. The molecular formula is C9H11NO3. The van der Waals surface area contributed by atoms with Crippen molar-refractivity contribution < 1.29 is 14.6 Å². The predicted molar refractivity (Wildman–Crippen MR) is 46.2 cm³/mol. The summed E-state index contributed by atoms with van der Waals surface area (Å²) in [6.07, 6.45) is 1.60. The van der Waals surface area contributed by atoms with Gasteiger partial charge in [-0.15, -0.1) is 0 Å². The lowest BCUT2D eigenvalue weighted by Crippen LogP contribution is -2.08. The first kappa shape index (κ1) is 9.67. The van der Waals surface area contributed by atoms with E-state index >= 15 is 0 Å². The first-order chi connectivity index (χ1) is 6.19. The van der Waals surface area contributed by atoms with E-state index in [0.717, 1.165) is 5.56 Å². The summed E-state index contributed by atoms with van der Waals surface area (Å²) in [5.74, 6) is -0.472. The van der Waals surface area contributed by atoms with Gasteiger partial charge in [-0.1, -0.05) is 0 Å². The van der Waals surface area contributed by atoms with Gasteiger partial charge in [-0.25, -0.2) is 4.79 Å². The zero-order valence-corrected chi connectivity index (χ0v) is 7.57. The lowest BCUT2D eigenvalue weighted by molar-refractivity contribution is 0.0596. The maximum Gasteiger partial charge on any atom is 0.339 e. The van der Waals surface area contributed by atoms with Crippen LogP contribution in [0.2, 0.25) is 0 Å². The van der Waals surface area contributed by atoms with Crippen molar-refractivity contribution in [1.82, 2.24) is 4.98 Å². The molecule has 0 saturated carbocycles. The van der Waals surface area contributed by atoms with Crippen LogP contribution in [0.1, 0.15) is 21.6 Å². The van der Waals surface area contributed by atoms with E-state index in [4.69, 9.17) is 5.11 Å². The molecule has 0 aromatic carbocycles. The Bertz CT molecular complexity index is 323. The topological polar surface area (TPSA) is 59.4 Å². The molecule has 70 valence electrons. The molecule has 0 unspecified atom stereocenters. The lowest BCUT2D eigenvalue weighted by atomic mass is 10.1. The van der Waals surface area contributed by atoms with Crippen molar-refractivity contribution in [3.05, 3.63) is 29.1 Å². The second-order valence-electron chi connectivity index (χ2n) is 2.66. The molecule has 0 fully saturated rings. The van der Waals surface area contributed by atoms with Crippen LogP contribution in [0.15, 0.2) is 12.3 Å². The minimum atomic E-state index is -0.472. The largest absolute Gasteiger partial charge is 0.465 e. The number of hydrogen-bond acceptors (Lipinski definition) is 4. The Hall–Kier alpha value is -1.42. The lowest BCUT2D eigenvalue weighted by Gasteiger charge is -2.04. The molecule has 0 aliphatic carbocycles. The molecule has 1 aromatic heterocycles. The molecular weight excluding hydrogens is 170 g/mol. The van der Waals surface area contributed by atoms with Gasteiger partial charge in [0.1, 0.15) is 0 Å². The van der Waals surface area contributed by atoms with Crippen molar-refractivity contribution in [3.8, 4) is 0 Å². The Morgan fingerprint density at radius 1 is 1.69 bits per heavy atom. The van der Waals surface area contributed by atoms with Gasteiger partial charge in [0.05, 0.1) is 25.0 Å². The van der Waals surface area contributed by atoms with Crippen LogP contribution in [-0.4, -0.2) is 23.2 Å². The van der Waals surface area contributed by atoms with Gasteiger partial charge >= 0.3 is 5.97 Å². The zero-order valence-electron chi connectivity index (χ0n) is 7.57. The first-order valence-electron chi connectivity index (χ1n) is 3.83. The standard InChI is InChI=1S/C9H11NO3/c1-6-3-7(9(12)13-2)8(5-11)10-4-6/h3-4,11H,5H2,1-2H3. The normalized spacial score (nSPS) is 9.77. The third-order valence-corrected chi connectivity index (χ3v) is 1.66. The fourth-order valence-corrected chi connectivity index (χ4v) is 1.01. The summed E-state index contributed by atoms with van der Waals surface area (Å²) in [6.45, 7) is 1.56. The van der Waals surface area contributed by atoms with E-state index in [1.165, 1.54) is 7.11 Å². The summed E-state index contributed by atoms with van der Waals surface area (Å²) in [4.78, 5) is 15.1. The van der Waals surface area contributed by atoms with Gasteiger partial charge in [0.15, 0.2) is 0 Å². The minimum Gasteiger partial charge on any atom is -0.465 e. The summed E-state index contributed by atoms with van der Waals surface area (Å²) < 4.78 is 4.54. The molecule has 0 spiro atoms. The second kappa shape index (κ2) is 4.00. The monoisotopic (exact) mass is 181 g/mol. The number of carbonyl (C=O) groups excluding carboxylic acids is 1. The first-order valence-corrected chi connectivity index (χ1v) is 3.83. The summed E-state index contributed by atoms with van der Waals surface area (Å²) in [5.41, 5.74) is 1.53. The van der Waals surface area contributed by atoms with Crippen LogP contribution in [0.3, 0.4) is 0 Å². The number of aryl methyl sites for hydroxylation is 1. The minimum absolute atomic E-state index is 0.259. The molecule has 4 nitrogen and oxygen atoms in total.